The molecule has 0 radical (unpaired) electrons. The molecule has 1 heterocycles. The molecule has 1 rings (SSSR count). The van der Waals surface area contributed by atoms with Gasteiger partial charge in [0.05, 0.1) is 4.92 Å². The van der Waals surface area contributed by atoms with E-state index in [-0.39, 0.29) is 10.2 Å². The average Bonchev–Trinajstić information content (AvgIpc) is 2.32. The van der Waals surface area contributed by atoms with Crippen molar-refractivity contribution in [1.29, 1.82) is 0 Å². The van der Waals surface area contributed by atoms with E-state index in [2.05, 4.69) is 10.3 Å². The first-order valence-electron chi connectivity index (χ1n) is 3.19. The van der Waals surface area contributed by atoms with Crippen molar-refractivity contribution in [3.63, 3.8) is 0 Å². The molecule has 1 aromatic heterocycles. The Hall–Kier alpha value is -0.880. The van der Waals surface area contributed by atoms with Gasteiger partial charge in [0.1, 0.15) is 0 Å². The maximum absolute atomic E-state index is 10.3. The fraction of sp³-hybridized carbons (Fsp3) is 0.400. The molecule has 0 unspecified atom stereocenters. The van der Waals surface area contributed by atoms with Crippen molar-refractivity contribution in [2.45, 2.75) is 6.92 Å². The molecule has 0 aromatic carbocycles. The lowest BCUT2D eigenvalue weighted by molar-refractivity contribution is -0.380. The van der Waals surface area contributed by atoms with E-state index < -0.39 is 4.92 Å². The second-order valence-corrected chi connectivity index (χ2v) is 3.24. The molecule has 0 fully saturated rings. The van der Waals surface area contributed by atoms with E-state index in [1.54, 1.807) is 0 Å². The third-order valence-electron chi connectivity index (χ3n) is 1.06. The van der Waals surface area contributed by atoms with Gasteiger partial charge in [-0.3, -0.25) is 10.1 Å². The molecular weight excluding hydrogens is 202 g/mol. The van der Waals surface area contributed by atoms with Gasteiger partial charge in [0, 0.05) is 6.54 Å². The minimum Gasteiger partial charge on any atom is -0.362 e. The minimum absolute atomic E-state index is 0.0547. The highest BCUT2D eigenvalue weighted by atomic mass is 35.5. The molecule has 0 atom stereocenters. The van der Waals surface area contributed by atoms with E-state index >= 15 is 0 Å². The van der Waals surface area contributed by atoms with E-state index in [4.69, 9.17) is 11.6 Å². The molecule has 5 nitrogen and oxygen atoms in total. The van der Waals surface area contributed by atoms with Gasteiger partial charge in [-0.2, -0.15) is 0 Å². The standard InChI is InChI=1S/C5H6ClN3O2S/c1-2-7-5-8-3(6)4(12-5)9(10)11/h2H2,1H3,(H,7,8). The van der Waals surface area contributed by atoms with Gasteiger partial charge in [0.15, 0.2) is 5.13 Å². The number of anilines is 1. The molecule has 0 aliphatic rings. The number of aromatic nitrogens is 1. The van der Waals surface area contributed by atoms with Crippen molar-refractivity contribution in [1.82, 2.24) is 4.98 Å². The summed E-state index contributed by atoms with van der Waals surface area (Å²) in [6.45, 7) is 2.54. The van der Waals surface area contributed by atoms with Crippen LogP contribution < -0.4 is 5.32 Å². The van der Waals surface area contributed by atoms with Crippen LogP contribution in [0.5, 0.6) is 0 Å². The maximum Gasteiger partial charge on any atom is 0.364 e. The minimum atomic E-state index is -0.541. The van der Waals surface area contributed by atoms with Crippen LogP contribution in [-0.4, -0.2) is 16.5 Å². The molecule has 0 saturated heterocycles. The van der Waals surface area contributed by atoms with E-state index in [9.17, 15) is 10.1 Å². The highest BCUT2D eigenvalue weighted by Gasteiger charge is 2.18. The zero-order valence-electron chi connectivity index (χ0n) is 6.20. The molecule has 66 valence electrons. The van der Waals surface area contributed by atoms with Gasteiger partial charge >= 0.3 is 5.00 Å². The van der Waals surface area contributed by atoms with Crippen molar-refractivity contribution in [2.24, 2.45) is 0 Å². The molecule has 0 saturated carbocycles. The normalized spacial score (nSPS) is 9.83. The van der Waals surface area contributed by atoms with Crippen LogP contribution in [0.3, 0.4) is 0 Å². The fourth-order valence-electron chi connectivity index (χ4n) is 0.633. The van der Waals surface area contributed by atoms with Gasteiger partial charge < -0.3 is 5.32 Å². The summed E-state index contributed by atoms with van der Waals surface area (Å²) in [6, 6.07) is 0. The highest BCUT2D eigenvalue weighted by Crippen LogP contribution is 2.33. The summed E-state index contributed by atoms with van der Waals surface area (Å²) >= 11 is 6.43. The molecule has 7 heteroatoms. The van der Waals surface area contributed by atoms with Gasteiger partial charge in [-0.25, -0.2) is 4.98 Å². The second kappa shape index (κ2) is 3.68. The number of hydrogen-bond donors (Lipinski definition) is 1. The van der Waals surface area contributed by atoms with Gasteiger partial charge in [-0.05, 0) is 18.3 Å². The smallest absolute Gasteiger partial charge is 0.362 e. The fourth-order valence-corrected chi connectivity index (χ4v) is 1.69. The Morgan fingerprint density at radius 2 is 2.50 bits per heavy atom. The maximum atomic E-state index is 10.3. The van der Waals surface area contributed by atoms with Gasteiger partial charge in [0.2, 0.25) is 5.15 Å². The number of thiazole rings is 1. The van der Waals surface area contributed by atoms with Gasteiger partial charge in [0.25, 0.3) is 0 Å². The first kappa shape index (κ1) is 9.21. The van der Waals surface area contributed by atoms with E-state index in [1.165, 1.54) is 0 Å². The molecule has 0 spiro atoms. The number of nitrogens with one attached hydrogen (secondary N) is 1. The van der Waals surface area contributed by atoms with Gasteiger partial charge in [-0.1, -0.05) is 11.6 Å². The van der Waals surface area contributed by atoms with Crippen LogP contribution >= 0.6 is 22.9 Å². The lowest BCUT2D eigenvalue weighted by Crippen LogP contribution is -1.94. The number of nitro groups is 1. The predicted octanol–water partition coefficient (Wildman–Crippen LogP) is 2.14. The molecule has 0 aliphatic heterocycles. The van der Waals surface area contributed by atoms with Crippen LogP contribution in [0, 0.1) is 10.1 Å². The first-order valence-corrected chi connectivity index (χ1v) is 4.39. The third kappa shape index (κ3) is 1.83. The Balaban J connectivity index is 2.92. The second-order valence-electron chi connectivity index (χ2n) is 1.90. The first-order chi connectivity index (χ1) is 5.65. The third-order valence-corrected chi connectivity index (χ3v) is 2.40. The van der Waals surface area contributed by atoms with Crippen molar-refractivity contribution in [3.05, 3.63) is 15.3 Å². The molecule has 12 heavy (non-hydrogen) atoms. The number of hydrogen-bond acceptors (Lipinski definition) is 5. The Bertz CT molecular complexity index is 301. The number of nitrogens with zero attached hydrogens (tertiary/aromatic N) is 2. The van der Waals surface area contributed by atoms with E-state index in [0.717, 1.165) is 11.3 Å². The van der Waals surface area contributed by atoms with Crippen LogP contribution in [0.1, 0.15) is 6.92 Å². The number of rotatable bonds is 3. The van der Waals surface area contributed by atoms with Crippen LogP contribution in [0.4, 0.5) is 10.1 Å². The molecule has 1 aromatic rings. The topological polar surface area (TPSA) is 68.1 Å². The molecule has 1 N–H and O–H groups in total. The Kier molecular flexibility index (Phi) is 2.83. The van der Waals surface area contributed by atoms with Crippen LogP contribution in [0.15, 0.2) is 0 Å². The lowest BCUT2D eigenvalue weighted by atomic mass is 10.8. The Morgan fingerprint density at radius 1 is 1.83 bits per heavy atom. The van der Waals surface area contributed by atoms with Gasteiger partial charge in [-0.15, -0.1) is 0 Å². The summed E-state index contributed by atoms with van der Waals surface area (Å²) in [7, 11) is 0. The van der Waals surface area contributed by atoms with Crippen molar-refractivity contribution in [2.75, 3.05) is 11.9 Å². The lowest BCUT2D eigenvalue weighted by Gasteiger charge is -1.91. The van der Waals surface area contributed by atoms with E-state index in [0.29, 0.717) is 11.7 Å². The summed E-state index contributed by atoms with van der Waals surface area (Å²) in [6.07, 6.45) is 0. The molecular formula is C5H6ClN3O2S. The summed E-state index contributed by atoms with van der Waals surface area (Å²) in [5.74, 6) is 0. The van der Waals surface area contributed by atoms with Crippen LogP contribution in [0.25, 0.3) is 0 Å². The quantitative estimate of drug-likeness (QED) is 0.609. The summed E-state index contributed by atoms with van der Waals surface area (Å²) in [5, 5.41) is 13.5. The average molecular weight is 208 g/mol. The molecule has 0 aliphatic carbocycles. The SMILES string of the molecule is CCNc1nc(Cl)c([N+](=O)[O-])s1. The van der Waals surface area contributed by atoms with Crippen LogP contribution in [0.2, 0.25) is 5.15 Å². The summed E-state index contributed by atoms with van der Waals surface area (Å²) in [4.78, 5) is 13.5. The monoisotopic (exact) mass is 207 g/mol. The summed E-state index contributed by atoms with van der Waals surface area (Å²) in [5.41, 5.74) is 0. The van der Waals surface area contributed by atoms with Crippen molar-refractivity contribution >= 4 is 33.1 Å². The Labute approximate surface area is 77.5 Å². The summed E-state index contributed by atoms with van der Waals surface area (Å²) < 4.78 is 0. The molecule has 0 amide bonds. The zero-order chi connectivity index (χ0) is 9.14. The highest BCUT2D eigenvalue weighted by molar-refractivity contribution is 7.19. The molecule has 0 bridgehead atoms. The van der Waals surface area contributed by atoms with Crippen LogP contribution in [-0.2, 0) is 0 Å². The van der Waals surface area contributed by atoms with Crippen molar-refractivity contribution < 1.29 is 4.92 Å². The largest absolute Gasteiger partial charge is 0.364 e. The van der Waals surface area contributed by atoms with E-state index in [1.807, 2.05) is 6.92 Å². The zero-order valence-corrected chi connectivity index (χ0v) is 7.78. The predicted molar refractivity (Wildman–Crippen MR) is 47.9 cm³/mol. The Morgan fingerprint density at radius 3 is 2.92 bits per heavy atom. The van der Waals surface area contributed by atoms with Crippen molar-refractivity contribution in [3.8, 4) is 0 Å². The number of halogens is 1.